The lowest BCUT2D eigenvalue weighted by Crippen LogP contribution is -2.23. The van der Waals surface area contributed by atoms with Crippen molar-refractivity contribution in [1.82, 2.24) is 10.2 Å². The molecule has 2 heterocycles. The van der Waals surface area contributed by atoms with Crippen LogP contribution in [-0.2, 0) is 9.59 Å². The second-order valence-electron chi connectivity index (χ2n) is 6.68. The number of amides is 2. The minimum absolute atomic E-state index is 0.114. The summed E-state index contributed by atoms with van der Waals surface area (Å²) in [6, 6.07) is 7.40. The molecule has 0 bridgehead atoms. The van der Waals surface area contributed by atoms with E-state index < -0.39 is 0 Å². The van der Waals surface area contributed by atoms with E-state index in [1.165, 1.54) is 23.1 Å². The van der Waals surface area contributed by atoms with Crippen molar-refractivity contribution in [2.24, 2.45) is 5.92 Å². The largest absolute Gasteiger partial charge is 0.360 e. The van der Waals surface area contributed by atoms with E-state index in [0.29, 0.717) is 18.0 Å². The maximum absolute atomic E-state index is 12.2. The zero-order valence-corrected chi connectivity index (χ0v) is 17.0. The molecule has 2 amide bonds. The van der Waals surface area contributed by atoms with Crippen LogP contribution in [0.25, 0.3) is 0 Å². The van der Waals surface area contributed by atoms with Gasteiger partial charge in [0.25, 0.3) is 0 Å². The predicted molar refractivity (Wildman–Crippen MR) is 111 cm³/mol. The third-order valence-corrected chi connectivity index (χ3v) is 5.92. The fraction of sp³-hybridized carbons (Fsp3) is 0.444. The molecule has 1 aromatic carbocycles. The molecule has 144 valence electrons. The second-order valence-corrected chi connectivity index (χ2v) is 8.88. The summed E-state index contributed by atoms with van der Waals surface area (Å²) in [6.07, 6.45) is 1.46. The van der Waals surface area contributed by atoms with Crippen LogP contribution in [0.4, 0.5) is 16.5 Å². The van der Waals surface area contributed by atoms with Crippen molar-refractivity contribution in [2.75, 3.05) is 34.4 Å². The van der Waals surface area contributed by atoms with Crippen molar-refractivity contribution in [2.45, 2.75) is 31.0 Å². The molecule has 0 saturated carbocycles. The summed E-state index contributed by atoms with van der Waals surface area (Å²) in [5, 5.41) is 15.1. The standard InChI is InChI=1S/C18H23N5O2S2/c1-12(2)10-19-17-21-22-18(27-17)26-11-15(24)20-13-5-3-6-14(9-13)23-8-4-7-16(23)25/h3,5-6,9,12H,4,7-8,10-11H2,1-2H3,(H,19,21)(H,20,24). The summed E-state index contributed by atoms with van der Waals surface area (Å²) in [4.78, 5) is 25.9. The van der Waals surface area contributed by atoms with Gasteiger partial charge >= 0.3 is 0 Å². The third kappa shape index (κ3) is 5.67. The number of carbonyl (C=O) groups excluding carboxylic acids is 2. The van der Waals surface area contributed by atoms with E-state index in [9.17, 15) is 9.59 Å². The van der Waals surface area contributed by atoms with Gasteiger partial charge in [0.05, 0.1) is 5.75 Å². The van der Waals surface area contributed by atoms with Crippen molar-refractivity contribution in [3.05, 3.63) is 24.3 Å². The lowest BCUT2D eigenvalue weighted by atomic mass is 10.2. The Bertz CT molecular complexity index is 809. The Morgan fingerprint density at radius 3 is 2.96 bits per heavy atom. The van der Waals surface area contributed by atoms with Gasteiger partial charge in [-0.3, -0.25) is 9.59 Å². The Labute approximate surface area is 166 Å². The van der Waals surface area contributed by atoms with E-state index in [1.807, 2.05) is 24.3 Å². The predicted octanol–water partition coefficient (Wildman–Crippen LogP) is 3.46. The number of benzene rings is 1. The minimum Gasteiger partial charge on any atom is -0.360 e. The topological polar surface area (TPSA) is 87.2 Å². The molecule has 27 heavy (non-hydrogen) atoms. The molecule has 0 radical (unpaired) electrons. The molecule has 1 saturated heterocycles. The van der Waals surface area contributed by atoms with Crippen molar-refractivity contribution >= 4 is 51.4 Å². The highest BCUT2D eigenvalue weighted by Crippen LogP contribution is 2.27. The average molecular weight is 406 g/mol. The van der Waals surface area contributed by atoms with E-state index >= 15 is 0 Å². The molecule has 9 heteroatoms. The van der Waals surface area contributed by atoms with Gasteiger partial charge in [0.1, 0.15) is 0 Å². The highest BCUT2D eigenvalue weighted by molar-refractivity contribution is 8.01. The molecule has 1 aliphatic heterocycles. The number of carbonyl (C=O) groups is 2. The first kappa shape index (κ1) is 19.6. The van der Waals surface area contributed by atoms with E-state index in [4.69, 9.17) is 0 Å². The summed E-state index contributed by atoms with van der Waals surface area (Å²) in [5.74, 6) is 0.803. The number of anilines is 3. The highest BCUT2D eigenvalue weighted by Gasteiger charge is 2.21. The molecule has 0 unspecified atom stereocenters. The smallest absolute Gasteiger partial charge is 0.234 e. The van der Waals surface area contributed by atoms with E-state index in [1.54, 1.807) is 4.90 Å². The quantitative estimate of drug-likeness (QED) is 0.654. The number of rotatable bonds is 8. The van der Waals surface area contributed by atoms with E-state index in [0.717, 1.165) is 34.7 Å². The van der Waals surface area contributed by atoms with E-state index in [2.05, 4.69) is 34.7 Å². The van der Waals surface area contributed by atoms with Crippen LogP contribution in [0.2, 0.25) is 0 Å². The molecule has 1 aromatic heterocycles. The Kier molecular flexibility index (Phi) is 6.68. The van der Waals surface area contributed by atoms with Crippen molar-refractivity contribution < 1.29 is 9.59 Å². The van der Waals surface area contributed by atoms with Crippen LogP contribution in [0.5, 0.6) is 0 Å². The van der Waals surface area contributed by atoms with Gasteiger partial charge in [-0.05, 0) is 30.5 Å². The van der Waals surface area contributed by atoms with Crippen molar-refractivity contribution in [3.63, 3.8) is 0 Å². The summed E-state index contributed by atoms with van der Waals surface area (Å²) in [6.45, 7) is 5.83. The van der Waals surface area contributed by atoms with Crippen LogP contribution in [0.1, 0.15) is 26.7 Å². The summed E-state index contributed by atoms with van der Waals surface area (Å²) in [5.41, 5.74) is 1.52. The van der Waals surface area contributed by atoms with Crippen LogP contribution >= 0.6 is 23.1 Å². The van der Waals surface area contributed by atoms with Gasteiger partial charge in [-0.1, -0.05) is 43.0 Å². The Morgan fingerprint density at radius 1 is 1.37 bits per heavy atom. The van der Waals surface area contributed by atoms with Gasteiger partial charge in [0, 0.05) is 30.9 Å². The maximum Gasteiger partial charge on any atom is 0.234 e. The second kappa shape index (κ2) is 9.18. The molecule has 0 atom stereocenters. The van der Waals surface area contributed by atoms with Crippen LogP contribution in [-0.4, -0.2) is 40.9 Å². The molecule has 7 nitrogen and oxygen atoms in total. The fourth-order valence-electron chi connectivity index (χ4n) is 2.63. The van der Waals surface area contributed by atoms with Gasteiger partial charge in [-0.15, -0.1) is 10.2 Å². The van der Waals surface area contributed by atoms with Gasteiger partial charge < -0.3 is 15.5 Å². The van der Waals surface area contributed by atoms with Crippen LogP contribution in [0, 0.1) is 5.92 Å². The Hall–Kier alpha value is -2.13. The molecule has 2 N–H and O–H groups in total. The Morgan fingerprint density at radius 2 is 2.22 bits per heavy atom. The molecule has 1 fully saturated rings. The monoisotopic (exact) mass is 405 g/mol. The molecule has 3 rings (SSSR count). The van der Waals surface area contributed by atoms with Crippen molar-refractivity contribution in [3.8, 4) is 0 Å². The lowest BCUT2D eigenvalue weighted by Gasteiger charge is -2.16. The molecule has 0 aliphatic carbocycles. The highest BCUT2D eigenvalue weighted by atomic mass is 32.2. The minimum atomic E-state index is -0.114. The number of nitrogens with zero attached hydrogens (tertiary/aromatic N) is 3. The maximum atomic E-state index is 12.2. The zero-order valence-electron chi connectivity index (χ0n) is 15.4. The first-order valence-electron chi connectivity index (χ1n) is 8.91. The first-order chi connectivity index (χ1) is 13.0. The van der Waals surface area contributed by atoms with Gasteiger partial charge in [-0.2, -0.15) is 0 Å². The Balaban J connectivity index is 1.50. The number of aromatic nitrogens is 2. The normalized spacial score (nSPS) is 14.0. The van der Waals surface area contributed by atoms with Crippen LogP contribution in [0.3, 0.4) is 0 Å². The number of nitrogens with one attached hydrogen (secondary N) is 2. The summed E-state index contributed by atoms with van der Waals surface area (Å²) >= 11 is 2.81. The van der Waals surface area contributed by atoms with Gasteiger partial charge in [-0.25, -0.2) is 0 Å². The molecular formula is C18H23N5O2S2. The van der Waals surface area contributed by atoms with Crippen LogP contribution < -0.4 is 15.5 Å². The summed E-state index contributed by atoms with van der Waals surface area (Å²) < 4.78 is 0.757. The first-order valence-corrected chi connectivity index (χ1v) is 10.7. The van der Waals surface area contributed by atoms with Crippen molar-refractivity contribution in [1.29, 1.82) is 0 Å². The molecule has 1 aliphatic rings. The SMILES string of the molecule is CC(C)CNc1nnc(SCC(=O)Nc2cccc(N3CCCC3=O)c2)s1. The molecule has 0 spiro atoms. The number of hydrogen-bond acceptors (Lipinski definition) is 7. The number of hydrogen-bond donors (Lipinski definition) is 2. The molecular weight excluding hydrogens is 382 g/mol. The third-order valence-electron chi connectivity index (χ3n) is 3.91. The lowest BCUT2D eigenvalue weighted by molar-refractivity contribution is -0.117. The van der Waals surface area contributed by atoms with Gasteiger partial charge in [0.15, 0.2) is 4.34 Å². The van der Waals surface area contributed by atoms with Crippen LogP contribution in [0.15, 0.2) is 28.6 Å². The fourth-order valence-corrected chi connectivity index (χ4v) is 4.19. The average Bonchev–Trinajstić information content (AvgIpc) is 3.27. The zero-order chi connectivity index (χ0) is 19.2. The van der Waals surface area contributed by atoms with Gasteiger partial charge in [0.2, 0.25) is 16.9 Å². The number of thioether (sulfide) groups is 1. The summed E-state index contributed by atoms with van der Waals surface area (Å²) in [7, 11) is 0. The molecule has 2 aromatic rings. The van der Waals surface area contributed by atoms with E-state index in [-0.39, 0.29) is 17.6 Å².